The number of aldehydes is 1. The number of nitrogens with zero attached hydrogens (tertiary/aromatic N) is 2. The van der Waals surface area contributed by atoms with E-state index in [1.54, 1.807) is 12.4 Å². The van der Waals surface area contributed by atoms with Gasteiger partial charge in [0.25, 0.3) is 0 Å². The van der Waals surface area contributed by atoms with Crippen LogP contribution in [0.25, 0.3) is 11.1 Å². The lowest BCUT2D eigenvalue weighted by Gasteiger charge is -2.18. The molecule has 0 bridgehead atoms. The van der Waals surface area contributed by atoms with Gasteiger partial charge in [-0.25, -0.2) is 0 Å². The zero-order valence-corrected chi connectivity index (χ0v) is 18.3. The summed E-state index contributed by atoms with van der Waals surface area (Å²) >= 11 is 5.80. The third-order valence-electron chi connectivity index (χ3n) is 5.28. The van der Waals surface area contributed by atoms with Gasteiger partial charge in [-0.15, -0.1) is 0 Å². The van der Waals surface area contributed by atoms with E-state index in [2.05, 4.69) is 15.2 Å². The van der Waals surface area contributed by atoms with E-state index in [4.69, 9.17) is 11.6 Å². The van der Waals surface area contributed by atoms with Crippen molar-refractivity contribution in [2.45, 2.75) is 25.4 Å². The Balaban J connectivity index is 0.000000179. The van der Waals surface area contributed by atoms with Crippen molar-refractivity contribution in [2.75, 3.05) is 13.6 Å². The van der Waals surface area contributed by atoms with Gasteiger partial charge in [0, 0.05) is 29.5 Å². The number of halogens is 1. The quantitative estimate of drug-likeness (QED) is 0.594. The van der Waals surface area contributed by atoms with Crippen LogP contribution in [0.3, 0.4) is 0 Å². The van der Waals surface area contributed by atoms with E-state index in [-0.39, 0.29) is 11.9 Å². The average Bonchev–Trinajstić information content (AvgIpc) is 3.25. The Morgan fingerprint density at radius 3 is 2.48 bits per heavy atom. The Labute approximate surface area is 188 Å². The fourth-order valence-electron chi connectivity index (χ4n) is 3.54. The number of rotatable bonds is 5. The molecule has 0 saturated carbocycles. The molecule has 0 spiro atoms. The molecule has 1 aliphatic heterocycles. The van der Waals surface area contributed by atoms with Crippen molar-refractivity contribution in [3.05, 3.63) is 89.2 Å². The maximum atomic E-state index is 11.9. The highest BCUT2D eigenvalue weighted by atomic mass is 35.5. The summed E-state index contributed by atoms with van der Waals surface area (Å²) in [6.07, 6.45) is 6.38. The number of benzene rings is 2. The largest absolute Gasteiger partial charge is 0.351 e. The number of pyridine rings is 1. The molecule has 2 heterocycles. The third-order valence-corrected chi connectivity index (χ3v) is 5.53. The second-order valence-electron chi connectivity index (χ2n) is 7.42. The molecule has 1 aliphatic rings. The molecule has 0 radical (unpaired) electrons. The van der Waals surface area contributed by atoms with E-state index in [1.807, 2.05) is 67.7 Å². The smallest absolute Gasteiger partial charge is 0.237 e. The summed E-state index contributed by atoms with van der Waals surface area (Å²) in [5.41, 5.74) is 3.75. The van der Waals surface area contributed by atoms with Gasteiger partial charge in [0.1, 0.15) is 0 Å². The highest BCUT2D eigenvalue weighted by Gasteiger charge is 2.27. The summed E-state index contributed by atoms with van der Waals surface area (Å²) in [7, 11) is 2.00. The molecule has 2 aromatic carbocycles. The van der Waals surface area contributed by atoms with E-state index in [0.717, 1.165) is 47.4 Å². The molecule has 6 heteroatoms. The highest BCUT2D eigenvalue weighted by molar-refractivity contribution is 6.30. The van der Waals surface area contributed by atoms with Crippen LogP contribution >= 0.6 is 11.6 Å². The Hall–Kier alpha value is -3.02. The predicted molar refractivity (Wildman–Crippen MR) is 124 cm³/mol. The summed E-state index contributed by atoms with van der Waals surface area (Å²) in [4.78, 5) is 28.7. The number of likely N-dealkylation sites (tertiary alicyclic amines) is 1. The summed E-state index contributed by atoms with van der Waals surface area (Å²) in [5, 5.41) is 3.69. The molecular formula is C25H26ClN3O2. The minimum absolute atomic E-state index is 0.0438. The summed E-state index contributed by atoms with van der Waals surface area (Å²) in [6.45, 7) is 1.58. The first kappa shape index (κ1) is 22.7. The van der Waals surface area contributed by atoms with Crippen molar-refractivity contribution in [1.29, 1.82) is 0 Å². The van der Waals surface area contributed by atoms with Crippen molar-refractivity contribution in [3.8, 4) is 11.1 Å². The van der Waals surface area contributed by atoms with Crippen LogP contribution in [0.5, 0.6) is 0 Å². The lowest BCUT2D eigenvalue weighted by atomic mass is 10.0. The minimum Gasteiger partial charge on any atom is -0.351 e. The molecule has 5 nitrogen and oxygen atoms in total. The number of amides is 1. The van der Waals surface area contributed by atoms with E-state index in [9.17, 15) is 9.59 Å². The van der Waals surface area contributed by atoms with Crippen LogP contribution in [0, 0.1) is 0 Å². The van der Waals surface area contributed by atoms with E-state index in [1.165, 1.54) is 0 Å². The standard InChI is InChI=1S/C13H17ClN2O.C12H9NO/c1-16-8-2-3-12(16)13(17)15-9-10-4-6-11(14)7-5-10;14-9-11-3-1-2-4-12(11)10-5-7-13-8-6-10/h4-7,12H,2-3,8-9H2,1H3,(H,15,17);1-9H. The van der Waals surface area contributed by atoms with E-state index in [0.29, 0.717) is 12.1 Å². The fourth-order valence-corrected chi connectivity index (χ4v) is 3.67. The predicted octanol–water partition coefficient (Wildman–Crippen LogP) is 4.61. The van der Waals surface area contributed by atoms with Crippen LogP contribution in [0.4, 0.5) is 0 Å². The number of hydrogen-bond acceptors (Lipinski definition) is 4. The van der Waals surface area contributed by atoms with Crippen molar-refractivity contribution < 1.29 is 9.59 Å². The summed E-state index contributed by atoms with van der Waals surface area (Å²) in [6, 6.07) is 18.9. The monoisotopic (exact) mass is 435 g/mol. The van der Waals surface area contributed by atoms with Gasteiger partial charge >= 0.3 is 0 Å². The number of nitrogens with one attached hydrogen (secondary N) is 1. The molecule has 4 rings (SSSR count). The SMILES string of the molecule is CN1CCCC1C(=O)NCc1ccc(Cl)cc1.O=Cc1ccccc1-c1ccncc1. The molecule has 0 aliphatic carbocycles. The normalized spacial score (nSPS) is 15.6. The highest BCUT2D eigenvalue weighted by Crippen LogP contribution is 2.21. The number of likely N-dealkylation sites (N-methyl/N-ethyl adjacent to an activating group) is 1. The Morgan fingerprint density at radius 2 is 1.84 bits per heavy atom. The third kappa shape index (κ3) is 6.48. The number of carbonyl (C=O) groups excluding carboxylic acids is 2. The van der Waals surface area contributed by atoms with E-state index >= 15 is 0 Å². The van der Waals surface area contributed by atoms with Crippen LogP contribution in [-0.2, 0) is 11.3 Å². The molecule has 1 fully saturated rings. The lowest BCUT2D eigenvalue weighted by Crippen LogP contribution is -2.41. The first-order valence-electron chi connectivity index (χ1n) is 10.3. The van der Waals surface area contributed by atoms with Gasteiger partial charge in [-0.05, 0) is 67.4 Å². The van der Waals surface area contributed by atoms with Crippen molar-refractivity contribution in [2.24, 2.45) is 0 Å². The molecule has 1 saturated heterocycles. The fraction of sp³-hybridized carbons (Fsp3) is 0.240. The van der Waals surface area contributed by atoms with Gasteiger partial charge in [0.15, 0.2) is 6.29 Å². The van der Waals surface area contributed by atoms with Gasteiger partial charge in [0.05, 0.1) is 6.04 Å². The Kier molecular flexibility index (Phi) is 8.33. The Morgan fingerprint density at radius 1 is 1.13 bits per heavy atom. The molecule has 31 heavy (non-hydrogen) atoms. The average molecular weight is 436 g/mol. The van der Waals surface area contributed by atoms with Gasteiger partial charge in [0.2, 0.25) is 5.91 Å². The first-order valence-corrected chi connectivity index (χ1v) is 10.6. The van der Waals surface area contributed by atoms with Gasteiger partial charge in [-0.1, -0.05) is 48.0 Å². The minimum atomic E-state index is 0.0438. The van der Waals surface area contributed by atoms with Crippen molar-refractivity contribution in [3.63, 3.8) is 0 Å². The number of hydrogen-bond donors (Lipinski definition) is 1. The number of aromatic nitrogens is 1. The Bertz CT molecular complexity index is 993. The van der Waals surface area contributed by atoms with Gasteiger partial charge in [-0.2, -0.15) is 0 Å². The zero-order chi connectivity index (χ0) is 22.1. The molecule has 1 amide bonds. The van der Waals surface area contributed by atoms with Gasteiger partial charge in [-0.3, -0.25) is 19.5 Å². The molecule has 1 atom stereocenters. The molecule has 3 aromatic rings. The first-order chi connectivity index (χ1) is 15.1. The van der Waals surface area contributed by atoms with Crippen LogP contribution in [-0.4, -0.2) is 41.7 Å². The topological polar surface area (TPSA) is 62.3 Å². The van der Waals surface area contributed by atoms with Gasteiger partial charge < -0.3 is 5.32 Å². The second-order valence-corrected chi connectivity index (χ2v) is 7.86. The van der Waals surface area contributed by atoms with Crippen molar-refractivity contribution >= 4 is 23.8 Å². The molecule has 1 unspecified atom stereocenters. The van der Waals surface area contributed by atoms with Crippen molar-refractivity contribution in [1.82, 2.24) is 15.2 Å². The molecule has 160 valence electrons. The zero-order valence-electron chi connectivity index (χ0n) is 17.5. The molecule has 1 N–H and O–H groups in total. The molecular weight excluding hydrogens is 410 g/mol. The van der Waals surface area contributed by atoms with Crippen LogP contribution in [0.1, 0.15) is 28.8 Å². The number of carbonyl (C=O) groups is 2. The van der Waals surface area contributed by atoms with Crippen LogP contribution in [0.15, 0.2) is 73.1 Å². The lowest BCUT2D eigenvalue weighted by molar-refractivity contribution is -0.125. The molecule has 1 aromatic heterocycles. The maximum absolute atomic E-state index is 11.9. The maximum Gasteiger partial charge on any atom is 0.237 e. The summed E-state index contributed by atoms with van der Waals surface area (Å²) in [5.74, 6) is 0.125. The van der Waals surface area contributed by atoms with E-state index < -0.39 is 0 Å². The van der Waals surface area contributed by atoms with Crippen LogP contribution in [0.2, 0.25) is 5.02 Å². The second kappa shape index (κ2) is 11.4. The summed E-state index contributed by atoms with van der Waals surface area (Å²) < 4.78 is 0. The van der Waals surface area contributed by atoms with Crippen LogP contribution < -0.4 is 5.32 Å².